The summed E-state index contributed by atoms with van der Waals surface area (Å²) in [6, 6.07) is 0. The molecular formula is C10H15ClN2O3S2. The number of hydrogen-bond acceptors (Lipinski definition) is 5. The van der Waals surface area contributed by atoms with Crippen LogP contribution in [-0.4, -0.2) is 43.5 Å². The fraction of sp³-hybridized carbons (Fsp3) is 0.700. The molecule has 0 amide bonds. The van der Waals surface area contributed by atoms with Gasteiger partial charge >= 0.3 is 0 Å². The van der Waals surface area contributed by atoms with Crippen molar-refractivity contribution >= 4 is 33.0 Å². The van der Waals surface area contributed by atoms with Crippen molar-refractivity contribution in [2.75, 3.05) is 19.7 Å². The number of rotatable bonds is 5. The molecule has 1 aromatic rings. The van der Waals surface area contributed by atoms with Gasteiger partial charge in [-0.1, -0.05) is 29.9 Å². The molecule has 1 saturated heterocycles. The van der Waals surface area contributed by atoms with Gasteiger partial charge in [-0.15, -0.1) is 0 Å². The van der Waals surface area contributed by atoms with Crippen LogP contribution in [0.25, 0.3) is 0 Å². The Kier molecular flexibility index (Phi) is 4.60. The van der Waals surface area contributed by atoms with Crippen LogP contribution in [0.3, 0.4) is 0 Å². The Morgan fingerprint density at radius 2 is 2.44 bits per heavy atom. The lowest BCUT2D eigenvalue weighted by Crippen LogP contribution is -2.36. The molecule has 102 valence electrons. The van der Waals surface area contributed by atoms with Gasteiger partial charge in [0.2, 0.25) is 0 Å². The molecule has 0 saturated carbocycles. The highest BCUT2D eigenvalue weighted by Crippen LogP contribution is 2.26. The van der Waals surface area contributed by atoms with E-state index in [1.54, 1.807) is 0 Å². The quantitative estimate of drug-likeness (QED) is 0.834. The van der Waals surface area contributed by atoms with Crippen molar-refractivity contribution in [3.05, 3.63) is 10.7 Å². The van der Waals surface area contributed by atoms with Gasteiger partial charge in [0.05, 0.1) is 12.3 Å². The van der Waals surface area contributed by atoms with Crippen molar-refractivity contribution in [2.24, 2.45) is 0 Å². The number of nitrogens with zero attached hydrogens (tertiary/aromatic N) is 2. The van der Waals surface area contributed by atoms with Gasteiger partial charge < -0.3 is 4.74 Å². The van der Waals surface area contributed by atoms with E-state index in [1.165, 1.54) is 10.5 Å². The van der Waals surface area contributed by atoms with Crippen molar-refractivity contribution in [3.63, 3.8) is 0 Å². The predicted molar refractivity (Wildman–Crippen MR) is 70.5 cm³/mol. The van der Waals surface area contributed by atoms with Crippen LogP contribution in [-0.2, 0) is 14.8 Å². The molecule has 8 heteroatoms. The third-order valence-corrected chi connectivity index (χ3v) is 6.33. The van der Waals surface area contributed by atoms with Gasteiger partial charge in [0.25, 0.3) is 10.0 Å². The molecule has 1 atom stereocenters. The lowest BCUT2D eigenvalue weighted by atomic mass is 10.2. The van der Waals surface area contributed by atoms with Gasteiger partial charge in [-0.3, -0.25) is 0 Å². The minimum Gasteiger partial charge on any atom is -0.377 e. The molecule has 0 N–H and O–H groups in total. The highest BCUT2D eigenvalue weighted by atomic mass is 35.5. The maximum atomic E-state index is 12.3. The molecule has 1 aromatic heterocycles. The molecule has 1 aliphatic heterocycles. The predicted octanol–water partition coefficient (Wildman–Crippen LogP) is 1.99. The molecule has 0 spiro atoms. The van der Waals surface area contributed by atoms with E-state index in [1.807, 2.05) is 6.92 Å². The molecule has 2 rings (SSSR count). The van der Waals surface area contributed by atoms with E-state index in [0.29, 0.717) is 19.7 Å². The monoisotopic (exact) mass is 310 g/mol. The lowest BCUT2D eigenvalue weighted by Gasteiger charge is -2.22. The van der Waals surface area contributed by atoms with Crippen LogP contribution in [0.2, 0.25) is 4.47 Å². The summed E-state index contributed by atoms with van der Waals surface area (Å²) in [4.78, 5) is 3.78. The number of halogens is 1. The summed E-state index contributed by atoms with van der Waals surface area (Å²) >= 11 is 6.66. The smallest absolute Gasteiger partial charge is 0.254 e. The number of likely N-dealkylation sites (N-methyl/N-ethyl adjacent to an activating group) is 1. The Morgan fingerprint density at radius 1 is 1.67 bits per heavy atom. The van der Waals surface area contributed by atoms with Crippen LogP contribution in [0.15, 0.2) is 10.4 Å². The van der Waals surface area contributed by atoms with E-state index in [0.717, 1.165) is 24.2 Å². The highest BCUT2D eigenvalue weighted by Gasteiger charge is 2.29. The molecule has 1 unspecified atom stereocenters. The number of aromatic nitrogens is 1. The second-order valence-corrected chi connectivity index (χ2v) is 7.80. The fourth-order valence-electron chi connectivity index (χ4n) is 1.90. The van der Waals surface area contributed by atoms with Gasteiger partial charge in [-0.2, -0.15) is 4.31 Å². The number of hydrogen-bond donors (Lipinski definition) is 0. The third-order valence-electron chi connectivity index (χ3n) is 2.83. The highest BCUT2D eigenvalue weighted by molar-refractivity contribution is 7.91. The number of sulfonamides is 1. The maximum Gasteiger partial charge on any atom is 0.254 e. The van der Waals surface area contributed by atoms with E-state index in [-0.39, 0.29) is 14.8 Å². The van der Waals surface area contributed by atoms with Gasteiger partial charge in [0.15, 0.2) is 8.68 Å². The summed E-state index contributed by atoms with van der Waals surface area (Å²) in [6.45, 7) is 3.34. The summed E-state index contributed by atoms with van der Waals surface area (Å²) in [6.07, 6.45) is 3.22. The Labute approximate surface area is 116 Å². The second-order valence-electron chi connectivity index (χ2n) is 4.02. The van der Waals surface area contributed by atoms with E-state index in [9.17, 15) is 8.42 Å². The summed E-state index contributed by atoms with van der Waals surface area (Å²) in [5, 5.41) is 0. The summed E-state index contributed by atoms with van der Waals surface area (Å²) in [5.41, 5.74) is 0. The topological polar surface area (TPSA) is 59.5 Å². The minimum absolute atomic E-state index is 0.00289. The first-order valence-electron chi connectivity index (χ1n) is 5.77. The third kappa shape index (κ3) is 3.03. The van der Waals surface area contributed by atoms with Crippen LogP contribution in [0.1, 0.15) is 19.8 Å². The molecule has 5 nitrogen and oxygen atoms in total. The normalized spacial score (nSPS) is 20.7. The standard InChI is InChI=1S/C10H15ClN2O3S2/c1-2-13(7-8-4-3-5-16-8)18(14,15)9-6-12-10(11)17-9/h6,8H,2-5,7H2,1H3. The average Bonchev–Trinajstić information content (AvgIpc) is 2.96. The van der Waals surface area contributed by atoms with E-state index < -0.39 is 10.0 Å². The molecule has 0 aliphatic carbocycles. The van der Waals surface area contributed by atoms with Gasteiger partial charge in [0, 0.05) is 19.7 Å². The summed E-state index contributed by atoms with van der Waals surface area (Å²) in [7, 11) is -3.49. The Hall–Kier alpha value is -0.210. The van der Waals surface area contributed by atoms with Crippen LogP contribution in [0, 0.1) is 0 Å². The molecule has 0 aromatic carbocycles. The maximum absolute atomic E-state index is 12.3. The van der Waals surface area contributed by atoms with Crippen molar-refractivity contribution < 1.29 is 13.2 Å². The first kappa shape index (κ1) is 14.2. The molecular weight excluding hydrogens is 296 g/mol. The Bertz CT molecular complexity index is 497. The summed E-state index contributed by atoms with van der Waals surface area (Å²) < 4.78 is 32.0. The van der Waals surface area contributed by atoms with E-state index in [4.69, 9.17) is 16.3 Å². The largest absolute Gasteiger partial charge is 0.377 e. The van der Waals surface area contributed by atoms with Crippen LogP contribution < -0.4 is 0 Å². The molecule has 18 heavy (non-hydrogen) atoms. The molecule has 0 radical (unpaired) electrons. The van der Waals surface area contributed by atoms with Gasteiger partial charge in [0.1, 0.15) is 0 Å². The van der Waals surface area contributed by atoms with Gasteiger partial charge in [-0.25, -0.2) is 13.4 Å². The number of ether oxygens (including phenoxy) is 1. The minimum atomic E-state index is -3.49. The lowest BCUT2D eigenvalue weighted by molar-refractivity contribution is 0.0947. The first-order chi connectivity index (χ1) is 8.54. The Morgan fingerprint density at radius 3 is 2.94 bits per heavy atom. The van der Waals surface area contributed by atoms with E-state index in [2.05, 4.69) is 4.98 Å². The van der Waals surface area contributed by atoms with Crippen molar-refractivity contribution in [1.29, 1.82) is 0 Å². The van der Waals surface area contributed by atoms with E-state index >= 15 is 0 Å². The van der Waals surface area contributed by atoms with Crippen molar-refractivity contribution in [2.45, 2.75) is 30.1 Å². The van der Waals surface area contributed by atoms with Crippen LogP contribution in [0.4, 0.5) is 0 Å². The second kappa shape index (κ2) is 5.83. The zero-order valence-corrected chi connectivity index (χ0v) is 12.4. The summed E-state index contributed by atoms with van der Waals surface area (Å²) in [5.74, 6) is 0. The first-order valence-corrected chi connectivity index (χ1v) is 8.40. The number of thiazole rings is 1. The van der Waals surface area contributed by atoms with Crippen molar-refractivity contribution in [1.82, 2.24) is 9.29 Å². The molecule has 2 heterocycles. The molecule has 1 fully saturated rings. The van der Waals surface area contributed by atoms with Crippen LogP contribution in [0.5, 0.6) is 0 Å². The SMILES string of the molecule is CCN(CC1CCCO1)S(=O)(=O)c1cnc(Cl)s1. The molecule has 0 bridgehead atoms. The van der Waals surface area contributed by atoms with Gasteiger partial charge in [-0.05, 0) is 12.8 Å². The zero-order chi connectivity index (χ0) is 13.2. The zero-order valence-electron chi connectivity index (χ0n) is 10.0. The Balaban J connectivity index is 2.15. The van der Waals surface area contributed by atoms with Crippen LogP contribution >= 0.6 is 22.9 Å². The fourth-order valence-corrected chi connectivity index (χ4v) is 4.83. The average molecular weight is 311 g/mol. The molecule has 1 aliphatic rings. The van der Waals surface area contributed by atoms with Crippen molar-refractivity contribution in [3.8, 4) is 0 Å².